The first-order valence-electron chi connectivity index (χ1n) is 10.6. The maximum Gasteiger partial charge on any atom is 0.410 e. The molecule has 2 aliphatic rings. The third-order valence-corrected chi connectivity index (χ3v) is 5.92. The molecule has 0 radical (unpaired) electrons. The molecule has 0 bridgehead atoms. The predicted octanol–water partition coefficient (Wildman–Crippen LogP) is 2.86. The molecule has 4 unspecified atom stereocenters. The van der Waals surface area contributed by atoms with Crippen LogP contribution in [0.4, 0.5) is 4.79 Å². The smallest absolute Gasteiger partial charge is 0.410 e. The lowest BCUT2D eigenvalue weighted by Gasteiger charge is -2.40. The normalized spacial score (nSPS) is 26.1. The van der Waals surface area contributed by atoms with Crippen LogP contribution in [0.5, 0.6) is 11.5 Å². The van der Waals surface area contributed by atoms with E-state index in [1.54, 1.807) is 11.8 Å². The van der Waals surface area contributed by atoms with E-state index in [1.165, 1.54) is 0 Å². The molecule has 4 atom stereocenters. The fourth-order valence-electron chi connectivity index (χ4n) is 4.15. The number of carbonyl (C=O) groups is 2. The van der Waals surface area contributed by atoms with Crippen molar-refractivity contribution >= 4 is 12.1 Å². The number of rotatable bonds is 7. The number of cyclic esters (lactones) is 1. The van der Waals surface area contributed by atoms with Gasteiger partial charge in [-0.15, -0.1) is 0 Å². The second-order valence-electron chi connectivity index (χ2n) is 8.35. The summed E-state index contributed by atoms with van der Waals surface area (Å²) in [5.41, 5.74) is 6.11. The van der Waals surface area contributed by atoms with Crippen molar-refractivity contribution in [2.45, 2.75) is 64.6 Å². The molecule has 1 fully saturated rings. The molecule has 0 aliphatic carbocycles. The fraction of sp³-hybridized carbons (Fsp3) is 0.636. The zero-order valence-electron chi connectivity index (χ0n) is 18.2. The van der Waals surface area contributed by atoms with Crippen molar-refractivity contribution in [1.82, 2.24) is 4.90 Å². The monoisotopic (exact) mass is 420 g/mol. The highest BCUT2D eigenvalue weighted by atomic mass is 16.7. The Bertz CT molecular complexity index is 785. The van der Waals surface area contributed by atoms with Crippen LogP contribution in [0.1, 0.15) is 46.1 Å². The number of carbonyl (C=O) groups excluding carboxylic acids is 2. The number of likely N-dealkylation sites (N-methyl/N-ethyl adjacent to an activating group) is 1. The Labute approximate surface area is 177 Å². The summed E-state index contributed by atoms with van der Waals surface area (Å²) in [5.74, 6) is 1.04. The molecule has 3 rings (SSSR count). The van der Waals surface area contributed by atoms with Gasteiger partial charge in [-0.3, -0.25) is 4.79 Å². The van der Waals surface area contributed by atoms with Crippen molar-refractivity contribution in [2.75, 3.05) is 19.9 Å². The summed E-state index contributed by atoms with van der Waals surface area (Å²) >= 11 is 0. The minimum atomic E-state index is -0.858. The zero-order chi connectivity index (χ0) is 21.9. The van der Waals surface area contributed by atoms with Gasteiger partial charge >= 0.3 is 12.1 Å². The molecule has 0 spiro atoms. The number of benzene rings is 1. The van der Waals surface area contributed by atoms with Gasteiger partial charge in [0.15, 0.2) is 11.5 Å². The Hall–Kier alpha value is -2.48. The zero-order valence-corrected chi connectivity index (χ0v) is 18.2. The number of fused-ring (bicyclic) bond motifs is 1. The molecule has 2 heterocycles. The quantitative estimate of drug-likeness (QED) is 0.677. The lowest BCUT2D eigenvalue weighted by molar-refractivity contribution is -0.178. The lowest BCUT2D eigenvalue weighted by Crippen LogP contribution is -2.54. The molecule has 166 valence electrons. The Kier molecular flexibility index (Phi) is 6.75. The number of amides is 1. The number of hydrogen-bond acceptors (Lipinski definition) is 7. The minimum absolute atomic E-state index is 0.00797. The maximum absolute atomic E-state index is 12.8. The van der Waals surface area contributed by atoms with Crippen molar-refractivity contribution in [1.29, 1.82) is 0 Å². The van der Waals surface area contributed by atoms with Crippen LogP contribution >= 0.6 is 0 Å². The van der Waals surface area contributed by atoms with E-state index in [-0.39, 0.29) is 25.4 Å². The molecule has 0 aromatic heterocycles. The molecule has 2 aliphatic heterocycles. The second-order valence-corrected chi connectivity index (χ2v) is 8.35. The Morgan fingerprint density at radius 3 is 2.77 bits per heavy atom. The van der Waals surface area contributed by atoms with E-state index in [9.17, 15) is 9.59 Å². The summed E-state index contributed by atoms with van der Waals surface area (Å²) in [4.78, 5) is 26.5. The van der Waals surface area contributed by atoms with Crippen molar-refractivity contribution in [2.24, 2.45) is 11.7 Å². The molecular formula is C22H32N2O6. The molecule has 1 aromatic carbocycles. The number of esters is 1. The number of hydrogen-bond donors (Lipinski definition) is 1. The summed E-state index contributed by atoms with van der Waals surface area (Å²) in [6.45, 7) is 8.41. The third kappa shape index (κ3) is 4.80. The van der Waals surface area contributed by atoms with Gasteiger partial charge in [0.2, 0.25) is 6.79 Å². The average Bonchev–Trinajstić information content (AvgIpc) is 3.18. The van der Waals surface area contributed by atoms with Gasteiger partial charge in [0.25, 0.3) is 0 Å². The molecule has 8 nitrogen and oxygen atoms in total. The third-order valence-electron chi connectivity index (χ3n) is 5.92. The minimum Gasteiger partial charge on any atom is -0.455 e. The van der Waals surface area contributed by atoms with Crippen molar-refractivity contribution in [3.8, 4) is 11.5 Å². The highest BCUT2D eigenvalue weighted by Gasteiger charge is 2.43. The van der Waals surface area contributed by atoms with Crippen LogP contribution in [0.15, 0.2) is 18.2 Å². The van der Waals surface area contributed by atoms with Crippen LogP contribution in [-0.4, -0.2) is 54.6 Å². The molecular weight excluding hydrogens is 388 g/mol. The van der Waals surface area contributed by atoms with Crippen molar-refractivity contribution in [3.05, 3.63) is 23.8 Å². The Balaban J connectivity index is 1.58. The molecule has 8 heteroatoms. The van der Waals surface area contributed by atoms with Gasteiger partial charge in [-0.1, -0.05) is 19.4 Å². The van der Waals surface area contributed by atoms with Gasteiger partial charge < -0.3 is 29.6 Å². The molecule has 1 aromatic rings. The first kappa shape index (κ1) is 22.2. The Morgan fingerprint density at radius 1 is 1.33 bits per heavy atom. The van der Waals surface area contributed by atoms with Crippen LogP contribution in [0.2, 0.25) is 0 Å². The van der Waals surface area contributed by atoms with Gasteiger partial charge in [0.05, 0.1) is 0 Å². The lowest BCUT2D eigenvalue weighted by atomic mass is 9.83. The van der Waals surface area contributed by atoms with Crippen molar-refractivity contribution in [3.63, 3.8) is 0 Å². The molecule has 1 saturated heterocycles. The summed E-state index contributed by atoms with van der Waals surface area (Å²) in [6, 6.07) is 5.09. The highest BCUT2D eigenvalue weighted by molar-refractivity contribution is 5.77. The molecule has 0 saturated carbocycles. The van der Waals surface area contributed by atoms with Crippen LogP contribution < -0.4 is 15.2 Å². The number of nitrogens with zero attached hydrogens (tertiary/aromatic N) is 1. The molecule has 30 heavy (non-hydrogen) atoms. The largest absolute Gasteiger partial charge is 0.455 e. The van der Waals surface area contributed by atoms with Crippen molar-refractivity contribution < 1.29 is 28.5 Å². The standard InChI is InChI=1S/C22H32N2O6/c1-5-16-11-22(4,30-20(25)19(16)23)12-27-21(26)24(6-2)14(3)9-15-7-8-17-18(10-15)29-13-28-17/h7-8,10,14,16,19H,5-6,9,11-13,23H2,1-4H3. The first-order valence-corrected chi connectivity index (χ1v) is 10.6. The van der Waals surface area contributed by atoms with Gasteiger partial charge in [0, 0.05) is 12.6 Å². The number of nitrogens with two attached hydrogens (primary N) is 1. The summed E-state index contributed by atoms with van der Waals surface area (Å²) in [5, 5.41) is 0. The highest BCUT2D eigenvalue weighted by Crippen LogP contribution is 2.33. The van der Waals surface area contributed by atoms with E-state index < -0.39 is 23.7 Å². The van der Waals surface area contributed by atoms with E-state index in [0.717, 1.165) is 23.5 Å². The van der Waals surface area contributed by atoms with Crippen LogP contribution in [0.25, 0.3) is 0 Å². The van der Waals surface area contributed by atoms with E-state index in [2.05, 4.69) is 0 Å². The van der Waals surface area contributed by atoms with E-state index in [0.29, 0.717) is 19.4 Å². The SMILES string of the molecule is CCC1CC(C)(COC(=O)N(CC)C(C)Cc2ccc3c(c2)OCO3)OC(=O)C1N. The average molecular weight is 421 g/mol. The molecule has 1 amide bonds. The summed E-state index contributed by atoms with van der Waals surface area (Å²) in [6.07, 6.45) is 1.57. The molecule has 2 N–H and O–H groups in total. The summed E-state index contributed by atoms with van der Waals surface area (Å²) in [7, 11) is 0. The maximum atomic E-state index is 12.8. The fourth-order valence-corrected chi connectivity index (χ4v) is 4.15. The van der Waals surface area contributed by atoms with E-state index >= 15 is 0 Å². The van der Waals surface area contributed by atoms with Crippen LogP contribution in [-0.2, 0) is 20.7 Å². The van der Waals surface area contributed by atoms with E-state index in [1.807, 2.05) is 39.0 Å². The van der Waals surface area contributed by atoms with Gasteiger partial charge in [0.1, 0.15) is 18.2 Å². The van der Waals surface area contributed by atoms with Gasteiger partial charge in [-0.25, -0.2) is 4.79 Å². The topological polar surface area (TPSA) is 100 Å². The number of ether oxygens (including phenoxy) is 4. The summed E-state index contributed by atoms with van der Waals surface area (Å²) < 4.78 is 21.8. The van der Waals surface area contributed by atoms with Crippen LogP contribution in [0.3, 0.4) is 0 Å². The van der Waals surface area contributed by atoms with E-state index in [4.69, 9.17) is 24.7 Å². The first-order chi connectivity index (χ1) is 14.3. The second kappa shape index (κ2) is 9.12. The van der Waals surface area contributed by atoms with Crippen LogP contribution in [0, 0.1) is 5.92 Å². The Morgan fingerprint density at radius 2 is 2.07 bits per heavy atom. The predicted molar refractivity (Wildman–Crippen MR) is 110 cm³/mol. The van der Waals surface area contributed by atoms with Gasteiger partial charge in [-0.2, -0.15) is 0 Å². The van der Waals surface area contributed by atoms with Gasteiger partial charge in [-0.05, 0) is 57.2 Å².